The van der Waals surface area contributed by atoms with E-state index in [0.29, 0.717) is 12.0 Å². The third-order valence-corrected chi connectivity index (χ3v) is 3.54. The van der Waals surface area contributed by atoms with E-state index in [9.17, 15) is 4.79 Å². The number of carbonyl (C=O) groups excluding carboxylic acids is 1. The van der Waals surface area contributed by atoms with Crippen LogP contribution in [0.2, 0.25) is 0 Å². The Kier molecular flexibility index (Phi) is 4.57. The van der Waals surface area contributed by atoms with Crippen molar-refractivity contribution in [3.05, 3.63) is 24.4 Å². The fraction of sp³-hybridized carbons (Fsp3) is 0.462. The van der Waals surface area contributed by atoms with E-state index in [4.69, 9.17) is 0 Å². The van der Waals surface area contributed by atoms with E-state index in [0.717, 1.165) is 25.0 Å². The van der Waals surface area contributed by atoms with Gasteiger partial charge in [0.15, 0.2) is 5.65 Å². The number of nitrogens with one attached hydrogen (secondary N) is 2. The lowest BCUT2D eigenvalue weighted by atomic mass is 9.92. The number of aromatic nitrogens is 3. The second-order valence-corrected chi connectivity index (χ2v) is 5.02. The highest BCUT2D eigenvalue weighted by atomic mass is 35.5. The normalized spacial score (nSPS) is 22.2. The fourth-order valence-corrected chi connectivity index (χ4v) is 2.51. The minimum absolute atomic E-state index is 0. The van der Waals surface area contributed by atoms with Crippen molar-refractivity contribution in [2.75, 3.05) is 11.9 Å². The zero-order valence-electron chi connectivity index (χ0n) is 11.2. The van der Waals surface area contributed by atoms with Gasteiger partial charge in [0.25, 0.3) is 0 Å². The van der Waals surface area contributed by atoms with E-state index < -0.39 is 0 Å². The quantitative estimate of drug-likeness (QED) is 0.880. The average Bonchev–Trinajstić information content (AvgIpc) is 2.82. The first-order chi connectivity index (χ1) is 9.24. The molecule has 0 aromatic carbocycles. The molecule has 20 heavy (non-hydrogen) atoms. The first kappa shape index (κ1) is 14.7. The highest BCUT2D eigenvalue weighted by Crippen LogP contribution is 2.18. The van der Waals surface area contributed by atoms with Gasteiger partial charge in [-0.3, -0.25) is 14.5 Å². The summed E-state index contributed by atoms with van der Waals surface area (Å²) in [7, 11) is 0. The number of amides is 1. The molecule has 1 fully saturated rings. The molecule has 108 valence electrons. The maximum atomic E-state index is 12.2. The Balaban J connectivity index is 0.00000147. The lowest BCUT2D eigenvalue weighted by molar-refractivity contribution is -0.120. The molecule has 2 N–H and O–H groups in total. The minimum atomic E-state index is 0. The summed E-state index contributed by atoms with van der Waals surface area (Å²) in [5.41, 5.74) is 0.733. The van der Waals surface area contributed by atoms with Crippen molar-refractivity contribution in [1.82, 2.24) is 19.9 Å². The number of halogens is 1. The van der Waals surface area contributed by atoms with Gasteiger partial charge < -0.3 is 5.32 Å². The molecule has 2 aromatic rings. The van der Waals surface area contributed by atoms with E-state index in [1.54, 1.807) is 4.40 Å². The van der Waals surface area contributed by atoms with Gasteiger partial charge in [-0.05, 0) is 38.4 Å². The van der Waals surface area contributed by atoms with E-state index in [2.05, 4.69) is 27.8 Å². The summed E-state index contributed by atoms with van der Waals surface area (Å²) < 4.78 is 1.78. The van der Waals surface area contributed by atoms with Crippen molar-refractivity contribution in [2.24, 2.45) is 5.92 Å². The summed E-state index contributed by atoms with van der Waals surface area (Å²) in [6.07, 6.45) is 3.57. The molecule has 2 atom stereocenters. The highest BCUT2D eigenvalue weighted by Gasteiger charge is 2.25. The Morgan fingerprint density at radius 2 is 2.30 bits per heavy atom. The number of rotatable bonds is 2. The maximum absolute atomic E-state index is 12.2. The second-order valence-electron chi connectivity index (χ2n) is 5.02. The van der Waals surface area contributed by atoms with Crippen LogP contribution in [0.15, 0.2) is 24.4 Å². The molecule has 1 aliphatic rings. The van der Waals surface area contributed by atoms with Crippen LogP contribution in [0.4, 0.5) is 5.95 Å². The van der Waals surface area contributed by atoms with Gasteiger partial charge in [0, 0.05) is 18.2 Å². The number of fused-ring (bicyclic) bond motifs is 1. The van der Waals surface area contributed by atoms with Crippen LogP contribution in [0.25, 0.3) is 5.65 Å². The number of hydrogen-bond donors (Lipinski definition) is 2. The van der Waals surface area contributed by atoms with Crippen LogP contribution < -0.4 is 10.6 Å². The molecule has 0 radical (unpaired) electrons. The van der Waals surface area contributed by atoms with Crippen LogP contribution in [0.1, 0.15) is 19.8 Å². The Morgan fingerprint density at radius 3 is 3.10 bits per heavy atom. The molecule has 1 aliphatic heterocycles. The molecule has 1 amide bonds. The standard InChI is InChI=1S/C13H17N5O.ClH/c1-9-8-10(5-6-14-9)12(19)15-13-17-16-11-4-2-3-7-18(11)13;/h2-4,7,9-10,14H,5-6,8H2,1H3,(H,15,17,19);1H/t9-,10-;/m0./s1. The first-order valence-electron chi connectivity index (χ1n) is 6.58. The Bertz CT molecular complexity index is 599. The van der Waals surface area contributed by atoms with Gasteiger partial charge in [-0.1, -0.05) is 6.07 Å². The molecule has 0 bridgehead atoms. The molecule has 7 heteroatoms. The van der Waals surface area contributed by atoms with Crippen molar-refractivity contribution in [2.45, 2.75) is 25.8 Å². The van der Waals surface area contributed by atoms with E-state index in [1.165, 1.54) is 0 Å². The van der Waals surface area contributed by atoms with Crippen molar-refractivity contribution in [3.8, 4) is 0 Å². The Labute approximate surface area is 123 Å². The monoisotopic (exact) mass is 295 g/mol. The molecule has 0 saturated carbocycles. The molecule has 0 spiro atoms. The van der Waals surface area contributed by atoms with Gasteiger partial charge in [0.1, 0.15) is 0 Å². The van der Waals surface area contributed by atoms with E-state index in [1.807, 2.05) is 24.4 Å². The average molecular weight is 296 g/mol. The molecular formula is C13H18ClN5O. The van der Waals surface area contributed by atoms with Gasteiger partial charge in [-0.25, -0.2) is 0 Å². The van der Waals surface area contributed by atoms with Crippen molar-refractivity contribution >= 4 is 29.9 Å². The van der Waals surface area contributed by atoms with Crippen LogP contribution >= 0.6 is 12.4 Å². The number of pyridine rings is 1. The third kappa shape index (κ3) is 2.91. The predicted molar refractivity (Wildman–Crippen MR) is 79.1 cm³/mol. The zero-order chi connectivity index (χ0) is 13.2. The van der Waals surface area contributed by atoms with E-state index in [-0.39, 0.29) is 24.2 Å². The number of hydrogen-bond acceptors (Lipinski definition) is 4. The van der Waals surface area contributed by atoms with Crippen molar-refractivity contribution in [1.29, 1.82) is 0 Å². The third-order valence-electron chi connectivity index (χ3n) is 3.54. The summed E-state index contributed by atoms with van der Waals surface area (Å²) in [4.78, 5) is 12.2. The summed E-state index contributed by atoms with van der Waals surface area (Å²) in [6.45, 7) is 2.99. The second kappa shape index (κ2) is 6.19. The van der Waals surface area contributed by atoms with Crippen molar-refractivity contribution < 1.29 is 4.79 Å². The van der Waals surface area contributed by atoms with Gasteiger partial charge in [-0.2, -0.15) is 0 Å². The largest absolute Gasteiger partial charge is 0.314 e. The molecule has 6 nitrogen and oxygen atoms in total. The van der Waals surface area contributed by atoms with Crippen molar-refractivity contribution in [3.63, 3.8) is 0 Å². The van der Waals surface area contributed by atoms with Crippen LogP contribution in [0.3, 0.4) is 0 Å². The summed E-state index contributed by atoms with van der Waals surface area (Å²) >= 11 is 0. The van der Waals surface area contributed by atoms with Crippen LogP contribution in [-0.2, 0) is 4.79 Å². The molecule has 1 saturated heterocycles. The Hall–Kier alpha value is -1.66. The Morgan fingerprint density at radius 1 is 1.45 bits per heavy atom. The maximum Gasteiger partial charge on any atom is 0.235 e. The molecule has 2 aromatic heterocycles. The molecular weight excluding hydrogens is 278 g/mol. The summed E-state index contributed by atoms with van der Waals surface area (Å²) in [5.74, 6) is 0.575. The smallest absolute Gasteiger partial charge is 0.235 e. The van der Waals surface area contributed by atoms with E-state index >= 15 is 0 Å². The van der Waals surface area contributed by atoms with Gasteiger partial charge in [0.05, 0.1) is 0 Å². The SMILES string of the molecule is C[C@H]1C[C@@H](C(=O)Nc2nnc3ccccn23)CCN1.Cl. The summed E-state index contributed by atoms with van der Waals surface area (Å²) in [5, 5.41) is 14.3. The number of carbonyl (C=O) groups is 1. The topological polar surface area (TPSA) is 71.3 Å². The number of nitrogens with zero attached hydrogens (tertiary/aromatic N) is 3. The van der Waals surface area contributed by atoms with Crippen LogP contribution in [0, 0.1) is 5.92 Å². The first-order valence-corrected chi connectivity index (χ1v) is 6.58. The lowest BCUT2D eigenvalue weighted by Gasteiger charge is -2.26. The van der Waals surface area contributed by atoms with Gasteiger partial charge >= 0.3 is 0 Å². The summed E-state index contributed by atoms with van der Waals surface area (Å²) in [6, 6.07) is 6.03. The zero-order valence-corrected chi connectivity index (χ0v) is 12.1. The molecule has 0 unspecified atom stereocenters. The molecule has 3 rings (SSSR count). The van der Waals surface area contributed by atoms with Gasteiger partial charge in [0.2, 0.25) is 11.9 Å². The molecule has 3 heterocycles. The van der Waals surface area contributed by atoms with Gasteiger partial charge in [-0.15, -0.1) is 22.6 Å². The number of anilines is 1. The van der Waals surface area contributed by atoms with Crippen LogP contribution in [0.5, 0.6) is 0 Å². The lowest BCUT2D eigenvalue weighted by Crippen LogP contribution is -2.40. The molecule has 0 aliphatic carbocycles. The van der Waals surface area contributed by atoms with Crippen LogP contribution in [-0.4, -0.2) is 33.1 Å². The highest BCUT2D eigenvalue weighted by molar-refractivity contribution is 5.91. The number of piperidine rings is 1. The fourth-order valence-electron chi connectivity index (χ4n) is 2.51. The minimum Gasteiger partial charge on any atom is -0.314 e. The predicted octanol–water partition coefficient (Wildman–Crippen LogP) is 1.48.